The van der Waals surface area contributed by atoms with Crippen molar-refractivity contribution in [3.8, 4) is 0 Å². The van der Waals surface area contributed by atoms with Crippen LogP contribution < -0.4 is 10.2 Å². The minimum atomic E-state index is -0.0930. The zero-order valence-corrected chi connectivity index (χ0v) is 13.0. The normalized spacial score (nSPS) is 15.6. The van der Waals surface area contributed by atoms with Crippen LogP contribution >= 0.6 is 0 Å². The predicted octanol–water partition coefficient (Wildman–Crippen LogP) is 2.78. The van der Waals surface area contributed by atoms with E-state index >= 15 is 0 Å². The van der Waals surface area contributed by atoms with E-state index in [2.05, 4.69) is 27.1 Å². The Morgan fingerprint density at radius 3 is 2.67 bits per heavy atom. The number of anilines is 1. The van der Waals surface area contributed by atoms with Crippen LogP contribution in [0.15, 0.2) is 12.4 Å². The highest BCUT2D eigenvalue weighted by molar-refractivity contribution is 5.92. The summed E-state index contributed by atoms with van der Waals surface area (Å²) in [5, 5.41) is 2.93. The molecule has 1 aromatic heterocycles. The van der Waals surface area contributed by atoms with E-state index in [1.807, 2.05) is 6.07 Å². The number of aromatic nitrogens is 2. The van der Waals surface area contributed by atoms with Gasteiger partial charge in [0.2, 0.25) is 0 Å². The summed E-state index contributed by atoms with van der Waals surface area (Å²) in [6, 6.07) is 1.82. The molecule has 0 aliphatic carbocycles. The molecule has 2 heterocycles. The smallest absolute Gasteiger partial charge is 0.270 e. The second kappa shape index (κ2) is 8.60. The van der Waals surface area contributed by atoms with Crippen LogP contribution in [-0.2, 0) is 0 Å². The van der Waals surface area contributed by atoms with Crippen molar-refractivity contribution in [2.45, 2.75) is 51.9 Å². The van der Waals surface area contributed by atoms with Crippen LogP contribution in [0, 0.1) is 0 Å². The number of hydrogen-bond acceptors (Lipinski definition) is 4. The van der Waals surface area contributed by atoms with Crippen molar-refractivity contribution in [2.24, 2.45) is 0 Å². The van der Waals surface area contributed by atoms with E-state index in [9.17, 15) is 4.79 Å². The predicted molar refractivity (Wildman–Crippen MR) is 84.6 cm³/mol. The molecule has 0 unspecified atom stereocenters. The minimum absolute atomic E-state index is 0.0930. The van der Waals surface area contributed by atoms with Gasteiger partial charge in [-0.25, -0.2) is 9.97 Å². The van der Waals surface area contributed by atoms with E-state index in [0.717, 1.165) is 44.7 Å². The molecule has 1 saturated heterocycles. The summed E-state index contributed by atoms with van der Waals surface area (Å²) in [6.07, 6.45) is 9.78. The molecule has 1 amide bonds. The topological polar surface area (TPSA) is 58.1 Å². The number of hydrogen-bond donors (Lipinski definition) is 1. The van der Waals surface area contributed by atoms with Gasteiger partial charge in [0.25, 0.3) is 5.91 Å². The van der Waals surface area contributed by atoms with Gasteiger partial charge in [0.15, 0.2) is 0 Å². The standard InChI is InChI=1S/C16H26N4O/c1-2-3-6-9-17-16(21)14-12-15(19-13-18-14)20-10-7-4-5-8-11-20/h12-13H,2-11H2,1H3,(H,17,21). The van der Waals surface area contributed by atoms with Crippen molar-refractivity contribution in [2.75, 3.05) is 24.5 Å². The SMILES string of the molecule is CCCCCNC(=O)c1cc(N2CCCCCC2)ncn1. The summed E-state index contributed by atoms with van der Waals surface area (Å²) >= 11 is 0. The maximum atomic E-state index is 12.1. The van der Waals surface area contributed by atoms with Gasteiger partial charge in [0.1, 0.15) is 17.8 Å². The lowest BCUT2D eigenvalue weighted by Gasteiger charge is -2.21. The zero-order chi connectivity index (χ0) is 14.9. The number of rotatable bonds is 6. The lowest BCUT2D eigenvalue weighted by molar-refractivity contribution is 0.0948. The molecule has 0 atom stereocenters. The molecule has 0 saturated carbocycles. The third-order valence-corrected chi connectivity index (χ3v) is 3.88. The lowest BCUT2D eigenvalue weighted by Crippen LogP contribution is -2.28. The Kier molecular flexibility index (Phi) is 6.44. The molecule has 116 valence electrons. The van der Waals surface area contributed by atoms with Crippen molar-refractivity contribution in [3.63, 3.8) is 0 Å². The van der Waals surface area contributed by atoms with Crippen molar-refractivity contribution >= 4 is 11.7 Å². The van der Waals surface area contributed by atoms with Crippen LogP contribution in [0.2, 0.25) is 0 Å². The molecule has 2 rings (SSSR count). The number of nitrogens with one attached hydrogen (secondary N) is 1. The summed E-state index contributed by atoms with van der Waals surface area (Å²) in [5.74, 6) is 0.787. The molecule has 0 radical (unpaired) electrons. The van der Waals surface area contributed by atoms with Crippen LogP contribution in [0.5, 0.6) is 0 Å². The monoisotopic (exact) mass is 290 g/mol. The first-order chi connectivity index (χ1) is 10.3. The largest absolute Gasteiger partial charge is 0.357 e. The Hall–Kier alpha value is -1.65. The third-order valence-electron chi connectivity index (χ3n) is 3.88. The average Bonchev–Trinajstić information content (AvgIpc) is 2.81. The summed E-state index contributed by atoms with van der Waals surface area (Å²) in [5.41, 5.74) is 0.473. The van der Waals surface area contributed by atoms with Crippen LogP contribution in [-0.4, -0.2) is 35.5 Å². The first kappa shape index (κ1) is 15.7. The molecule has 5 heteroatoms. The molecule has 21 heavy (non-hydrogen) atoms. The lowest BCUT2D eigenvalue weighted by atomic mass is 10.2. The van der Waals surface area contributed by atoms with Crippen molar-refractivity contribution in [1.29, 1.82) is 0 Å². The maximum absolute atomic E-state index is 12.1. The van der Waals surface area contributed by atoms with Crippen molar-refractivity contribution < 1.29 is 4.79 Å². The van der Waals surface area contributed by atoms with Gasteiger partial charge in [-0.2, -0.15) is 0 Å². The minimum Gasteiger partial charge on any atom is -0.357 e. The fourth-order valence-electron chi connectivity index (χ4n) is 2.61. The van der Waals surface area contributed by atoms with E-state index in [0.29, 0.717) is 5.69 Å². The molecule has 1 aromatic rings. The maximum Gasteiger partial charge on any atom is 0.270 e. The molecule has 1 fully saturated rings. The van der Waals surface area contributed by atoms with Gasteiger partial charge >= 0.3 is 0 Å². The molecule has 0 bridgehead atoms. The van der Waals surface area contributed by atoms with Crippen LogP contribution in [0.25, 0.3) is 0 Å². The van der Waals surface area contributed by atoms with Gasteiger partial charge < -0.3 is 10.2 Å². The highest BCUT2D eigenvalue weighted by Gasteiger charge is 2.14. The highest BCUT2D eigenvalue weighted by Crippen LogP contribution is 2.17. The Morgan fingerprint density at radius 2 is 1.95 bits per heavy atom. The molecule has 1 aliphatic heterocycles. The van der Waals surface area contributed by atoms with E-state index in [-0.39, 0.29) is 5.91 Å². The quantitative estimate of drug-likeness (QED) is 0.818. The van der Waals surface area contributed by atoms with E-state index < -0.39 is 0 Å². The second-order valence-corrected chi connectivity index (χ2v) is 5.63. The molecule has 0 spiro atoms. The first-order valence-corrected chi connectivity index (χ1v) is 8.16. The molecule has 1 aliphatic rings. The van der Waals surface area contributed by atoms with Crippen molar-refractivity contribution in [1.82, 2.24) is 15.3 Å². The van der Waals surface area contributed by atoms with Crippen LogP contribution in [0.4, 0.5) is 5.82 Å². The first-order valence-electron chi connectivity index (χ1n) is 8.16. The van der Waals surface area contributed by atoms with Gasteiger partial charge in [-0.3, -0.25) is 4.79 Å². The number of carbonyl (C=O) groups excluding carboxylic acids is 1. The van der Waals surface area contributed by atoms with Gasteiger partial charge in [-0.1, -0.05) is 32.6 Å². The number of unbranched alkanes of at least 4 members (excludes halogenated alkanes) is 2. The van der Waals surface area contributed by atoms with Gasteiger partial charge in [-0.15, -0.1) is 0 Å². The number of carbonyl (C=O) groups is 1. The Morgan fingerprint density at radius 1 is 1.19 bits per heavy atom. The van der Waals surface area contributed by atoms with E-state index in [1.165, 1.54) is 32.0 Å². The average molecular weight is 290 g/mol. The molecule has 1 N–H and O–H groups in total. The molecule has 5 nitrogen and oxygen atoms in total. The fraction of sp³-hybridized carbons (Fsp3) is 0.688. The summed E-state index contributed by atoms with van der Waals surface area (Å²) in [6.45, 7) is 4.92. The van der Waals surface area contributed by atoms with Gasteiger partial charge in [0, 0.05) is 25.7 Å². The van der Waals surface area contributed by atoms with Gasteiger partial charge in [-0.05, 0) is 19.3 Å². The van der Waals surface area contributed by atoms with E-state index in [4.69, 9.17) is 0 Å². The molecule has 0 aromatic carbocycles. The summed E-state index contributed by atoms with van der Waals surface area (Å²) in [4.78, 5) is 22.8. The number of nitrogens with zero attached hydrogens (tertiary/aromatic N) is 3. The summed E-state index contributed by atoms with van der Waals surface area (Å²) < 4.78 is 0. The zero-order valence-electron chi connectivity index (χ0n) is 13.0. The van der Waals surface area contributed by atoms with E-state index in [1.54, 1.807) is 0 Å². The third kappa shape index (κ3) is 4.99. The van der Waals surface area contributed by atoms with Crippen molar-refractivity contribution in [3.05, 3.63) is 18.1 Å². The summed E-state index contributed by atoms with van der Waals surface area (Å²) in [7, 11) is 0. The van der Waals surface area contributed by atoms with Gasteiger partial charge in [0.05, 0.1) is 0 Å². The highest BCUT2D eigenvalue weighted by atomic mass is 16.1. The molecular formula is C16H26N4O. The fourth-order valence-corrected chi connectivity index (χ4v) is 2.61. The number of amides is 1. The Labute approximate surface area is 127 Å². The second-order valence-electron chi connectivity index (χ2n) is 5.63. The van der Waals surface area contributed by atoms with Crippen LogP contribution in [0.1, 0.15) is 62.4 Å². The Balaban J connectivity index is 1.94. The Bertz CT molecular complexity index is 442. The van der Waals surface area contributed by atoms with Crippen LogP contribution in [0.3, 0.4) is 0 Å². The molecular weight excluding hydrogens is 264 g/mol.